The van der Waals surface area contributed by atoms with Crippen molar-refractivity contribution >= 4 is 5.97 Å². The number of carboxylic acids is 1. The van der Waals surface area contributed by atoms with E-state index in [9.17, 15) is 4.79 Å². The van der Waals surface area contributed by atoms with Crippen molar-refractivity contribution in [2.45, 2.75) is 45.4 Å². The minimum absolute atomic E-state index is 0.283. The van der Waals surface area contributed by atoms with Gasteiger partial charge in [0.05, 0.1) is 5.56 Å². The fourth-order valence-corrected chi connectivity index (χ4v) is 1.58. The molecule has 3 heteroatoms. The Bertz CT molecular complexity index is 358. The topological polar surface area (TPSA) is 57.5 Å². The molecule has 0 amide bonds. The number of allylic oxidation sites excluding steroid dienone is 1. The van der Waals surface area contributed by atoms with E-state index in [-0.39, 0.29) is 6.61 Å². The highest BCUT2D eigenvalue weighted by Gasteiger charge is 1.96. The Morgan fingerprint density at radius 3 is 2.20 bits per heavy atom. The zero-order chi connectivity index (χ0) is 15.1. The van der Waals surface area contributed by atoms with E-state index in [0.717, 1.165) is 6.42 Å². The molecule has 1 aromatic rings. The number of aliphatic hydroxyl groups excluding tert-OH is 1. The van der Waals surface area contributed by atoms with Crippen molar-refractivity contribution in [2.24, 2.45) is 0 Å². The van der Waals surface area contributed by atoms with Gasteiger partial charge in [-0.05, 0) is 31.4 Å². The molecule has 0 aliphatic heterocycles. The molecule has 0 aliphatic rings. The zero-order valence-corrected chi connectivity index (χ0v) is 12.3. The number of aliphatic hydroxyl groups is 1. The molecule has 0 fully saturated rings. The second-order valence-electron chi connectivity index (χ2n) is 4.50. The van der Waals surface area contributed by atoms with Crippen LogP contribution in [0.2, 0.25) is 0 Å². The van der Waals surface area contributed by atoms with E-state index in [2.05, 4.69) is 19.1 Å². The van der Waals surface area contributed by atoms with Crippen molar-refractivity contribution in [1.82, 2.24) is 0 Å². The summed E-state index contributed by atoms with van der Waals surface area (Å²) in [6.45, 7) is 2.51. The van der Waals surface area contributed by atoms with E-state index in [1.807, 2.05) is 0 Å². The number of hydrogen-bond acceptors (Lipinski definition) is 2. The summed E-state index contributed by atoms with van der Waals surface area (Å²) in [7, 11) is 0. The number of carbonyl (C=O) groups is 1. The van der Waals surface area contributed by atoms with Gasteiger partial charge >= 0.3 is 5.97 Å². The summed E-state index contributed by atoms with van der Waals surface area (Å²) in [6.07, 6.45) is 11.5. The number of unbranched alkanes of at least 4 members (excludes halogenated alkanes) is 4. The van der Waals surface area contributed by atoms with Gasteiger partial charge in [-0.3, -0.25) is 0 Å². The van der Waals surface area contributed by atoms with Crippen molar-refractivity contribution in [1.29, 1.82) is 0 Å². The van der Waals surface area contributed by atoms with Crippen LogP contribution >= 0.6 is 0 Å². The molecule has 1 rings (SSSR count). The van der Waals surface area contributed by atoms with Crippen molar-refractivity contribution in [3.8, 4) is 0 Å². The van der Waals surface area contributed by atoms with Gasteiger partial charge in [0.25, 0.3) is 0 Å². The lowest BCUT2D eigenvalue weighted by Crippen LogP contribution is -1.93. The smallest absolute Gasteiger partial charge is 0.335 e. The second kappa shape index (κ2) is 13.8. The number of rotatable bonds is 8. The molecule has 0 radical (unpaired) electrons. The van der Waals surface area contributed by atoms with Crippen LogP contribution in [0.5, 0.6) is 0 Å². The molecule has 0 unspecified atom stereocenters. The standard InChI is InChI=1S/C10H20O.C7H6O2/c1-2-3-4-5-6-7-8-9-10-11;8-7(9)6-4-2-1-3-5-6/h7-8,11H,2-6,9-10H2,1H3;1-5H,(H,8,9). The van der Waals surface area contributed by atoms with Crippen molar-refractivity contribution in [3.05, 3.63) is 48.0 Å². The van der Waals surface area contributed by atoms with Crippen LogP contribution in [0.1, 0.15) is 55.8 Å². The van der Waals surface area contributed by atoms with E-state index < -0.39 is 5.97 Å². The first-order chi connectivity index (χ1) is 9.72. The first-order valence-electron chi connectivity index (χ1n) is 7.26. The number of benzene rings is 1. The van der Waals surface area contributed by atoms with Gasteiger partial charge in [0.2, 0.25) is 0 Å². The highest BCUT2D eigenvalue weighted by Crippen LogP contribution is 2.02. The minimum Gasteiger partial charge on any atom is -0.478 e. The third-order valence-corrected chi connectivity index (χ3v) is 2.71. The van der Waals surface area contributed by atoms with Crippen LogP contribution in [0.3, 0.4) is 0 Å². The van der Waals surface area contributed by atoms with Gasteiger partial charge in [0, 0.05) is 6.61 Å². The second-order valence-corrected chi connectivity index (χ2v) is 4.50. The van der Waals surface area contributed by atoms with Crippen molar-refractivity contribution < 1.29 is 15.0 Å². The van der Waals surface area contributed by atoms with Gasteiger partial charge in [-0.25, -0.2) is 4.79 Å². The fraction of sp³-hybridized carbons (Fsp3) is 0.471. The molecule has 20 heavy (non-hydrogen) atoms. The number of aromatic carboxylic acids is 1. The van der Waals surface area contributed by atoms with E-state index in [1.165, 1.54) is 32.1 Å². The Kier molecular flexibility index (Phi) is 12.7. The highest BCUT2D eigenvalue weighted by molar-refractivity contribution is 5.87. The average Bonchev–Trinajstić information content (AvgIpc) is 2.48. The fourth-order valence-electron chi connectivity index (χ4n) is 1.58. The Morgan fingerprint density at radius 1 is 1.05 bits per heavy atom. The first kappa shape index (κ1) is 18.4. The van der Waals surface area contributed by atoms with Crippen molar-refractivity contribution in [2.75, 3.05) is 6.61 Å². The molecule has 0 spiro atoms. The highest BCUT2D eigenvalue weighted by atomic mass is 16.4. The normalized spacial score (nSPS) is 10.1. The summed E-state index contributed by atoms with van der Waals surface area (Å²) >= 11 is 0. The van der Waals surface area contributed by atoms with Gasteiger partial charge in [-0.1, -0.05) is 56.5 Å². The largest absolute Gasteiger partial charge is 0.478 e. The lowest BCUT2D eigenvalue weighted by atomic mass is 10.1. The maximum absolute atomic E-state index is 10.2. The molecular weight excluding hydrogens is 252 g/mol. The molecule has 1 aromatic carbocycles. The maximum atomic E-state index is 10.2. The van der Waals surface area contributed by atoms with Crippen LogP contribution in [0.15, 0.2) is 42.5 Å². The van der Waals surface area contributed by atoms with E-state index in [1.54, 1.807) is 30.3 Å². The summed E-state index contributed by atoms with van der Waals surface area (Å²) in [4.78, 5) is 10.2. The molecule has 0 heterocycles. The third kappa shape index (κ3) is 11.5. The SMILES string of the molecule is CCCCCCC=CCCO.O=C(O)c1ccccc1. The lowest BCUT2D eigenvalue weighted by Gasteiger charge is -1.93. The lowest BCUT2D eigenvalue weighted by molar-refractivity contribution is 0.0697. The summed E-state index contributed by atoms with van der Waals surface area (Å²) < 4.78 is 0. The molecule has 112 valence electrons. The Labute approximate surface area is 122 Å². The van der Waals surface area contributed by atoms with Gasteiger partial charge in [0.15, 0.2) is 0 Å². The first-order valence-corrected chi connectivity index (χ1v) is 7.26. The molecule has 0 saturated heterocycles. The zero-order valence-electron chi connectivity index (χ0n) is 12.3. The van der Waals surface area contributed by atoms with Gasteiger partial charge < -0.3 is 10.2 Å². The van der Waals surface area contributed by atoms with Crippen molar-refractivity contribution in [3.63, 3.8) is 0 Å². The quantitative estimate of drug-likeness (QED) is 0.551. The van der Waals surface area contributed by atoms with Crippen LogP contribution in [-0.2, 0) is 0 Å². The Balaban J connectivity index is 0.000000367. The molecule has 0 atom stereocenters. The van der Waals surface area contributed by atoms with Gasteiger partial charge in [0.1, 0.15) is 0 Å². The minimum atomic E-state index is -0.879. The van der Waals surface area contributed by atoms with Crippen LogP contribution in [0.25, 0.3) is 0 Å². The molecule has 0 saturated carbocycles. The molecule has 0 bridgehead atoms. The van der Waals surface area contributed by atoms with E-state index in [0.29, 0.717) is 5.56 Å². The number of hydrogen-bond donors (Lipinski definition) is 2. The predicted molar refractivity (Wildman–Crippen MR) is 83.0 cm³/mol. The van der Waals surface area contributed by atoms with Crippen LogP contribution in [-0.4, -0.2) is 22.8 Å². The summed E-state index contributed by atoms with van der Waals surface area (Å²) in [5, 5.41) is 16.8. The summed E-state index contributed by atoms with van der Waals surface area (Å²) in [5.41, 5.74) is 0.331. The molecule has 0 aliphatic carbocycles. The maximum Gasteiger partial charge on any atom is 0.335 e. The predicted octanol–water partition coefficient (Wildman–Crippen LogP) is 4.28. The van der Waals surface area contributed by atoms with Gasteiger partial charge in [-0.2, -0.15) is 0 Å². The Morgan fingerprint density at radius 2 is 1.70 bits per heavy atom. The van der Waals surface area contributed by atoms with E-state index in [4.69, 9.17) is 10.2 Å². The Hall–Kier alpha value is -1.61. The van der Waals surface area contributed by atoms with Gasteiger partial charge in [-0.15, -0.1) is 0 Å². The average molecular weight is 278 g/mol. The van der Waals surface area contributed by atoms with Crippen LogP contribution in [0.4, 0.5) is 0 Å². The molecule has 2 N–H and O–H groups in total. The molecule has 3 nitrogen and oxygen atoms in total. The summed E-state index contributed by atoms with van der Waals surface area (Å²) in [5.74, 6) is -0.879. The monoisotopic (exact) mass is 278 g/mol. The molecule has 0 aromatic heterocycles. The van der Waals surface area contributed by atoms with Crippen LogP contribution in [0, 0.1) is 0 Å². The van der Waals surface area contributed by atoms with E-state index >= 15 is 0 Å². The number of carboxylic acid groups (broad SMARTS) is 1. The van der Waals surface area contributed by atoms with Crippen LogP contribution < -0.4 is 0 Å². The molecular formula is C17H26O3. The summed E-state index contributed by atoms with van der Waals surface area (Å²) in [6, 6.07) is 8.30. The third-order valence-electron chi connectivity index (χ3n) is 2.71.